The third-order valence-electron chi connectivity index (χ3n) is 2.38. The van der Waals surface area contributed by atoms with E-state index in [1.54, 1.807) is 19.2 Å². The molecule has 0 bridgehead atoms. The van der Waals surface area contributed by atoms with Crippen LogP contribution in [0.1, 0.15) is 5.56 Å². The average Bonchev–Trinajstić information content (AvgIpc) is 2.39. The van der Waals surface area contributed by atoms with E-state index in [1.807, 2.05) is 24.3 Å². The fourth-order valence-corrected chi connectivity index (χ4v) is 1.42. The summed E-state index contributed by atoms with van der Waals surface area (Å²) >= 11 is 0. The summed E-state index contributed by atoms with van der Waals surface area (Å²) in [7, 11) is 1.62. The maximum absolute atomic E-state index is 12.7. The Balaban J connectivity index is 1.95. The number of benzene rings is 2. The smallest absolute Gasteiger partial charge is 0.123 e. The third kappa shape index (κ3) is 3.21. The summed E-state index contributed by atoms with van der Waals surface area (Å²) in [6, 6.07) is 13.6. The van der Waals surface area contributed by atoms with E-state index >= 15 is 0 Å². The number of methoxy groups -OCH3 is 1. The van der Waals surface area contributed by atoms with Gasteiger partial charge in [-0.3, -0.25) is 0 Å². The van der Waals surface area contributed by atoms with E-state index in [0.29, 0.717) is 6.61 Å². The lowest BCUT2D eigenvalue weighted by atomic mass is 10.2. The van der Waals surface area contributed by atoms with E-state index < -0.39 is 0 Å². The van der Waals surface area contributed by atoms with Gasteiger partial charge in [0.05, 0.1) is 7.11 Å². The zero-order valence-corrected chi connectivity index (χ0v) is 9.52. The first-order valence-electron chi connectivity index (χ1n) is 5.29. The molecule has 0 heterocycles. The van der Waals surface area contributed by atoms with Crippen molar-refractivity contribution in [3.8, 4) is 11.5 Å². The molecule has 2 rings (SSSR count). The Morgan fingerprint density at radius 1 is 0.882 bits per heavy atom. The number of rotatable bonds is 4. The van der Waals surface area contributed by atoms with Crippen LogP contribution in [0.5, 0.6) is 11.5 Å². The van der Waals surface area contributed by atoms with Crippen LogP contribution < -0.4 is 9.47 Å². The molecule has 88 valence electrons. The van der Waals surface area contributed by atoms with E-state index in [1.165, 1.54) is 12.1 Å². The Bertz CT molecular complexity index is 463. The first kappa shape index (κ1) is 11.5. The number of ether oxygens (including phenoxy) is 2. The van der Waals surface area contributed by atoms with Gasteiger partial charge in [0, 0.05) is 0 Å². The minimum atomic E-state index is -0.238. The molecule has 2 aromatic rings. The van der Waals surface area contributed by atoms with Crippen LogP contribution >= 0.6 is 0 Å². The SMILES string of the molecule is COc1ccc(OCc2ccc(F)cc2)cc1. The highest BCUT2D eigenvalue weighted by Gasteiger charge is 1.97. The summed E-state index contributed by atoms with van der Waals surface area (Å²) in [5.41, 5.74) is 0.933. The fourth-order valence-electron chi connectivity index (χ4n) is 1.42. The molecule has 0 unspecified atom stereocenters. The van der Waals surface area contributed by atoms with Crippen LogP contribution in [0.3, 0.4) is 0 Å². The highest BCUT2D eigenvalue weighted by atomic mass is 19.1. The monoisotopic (exact) mass is 232 g/mol. The van der Waals surface area contributed by atoms with E-state index in [2.05, 4.69) is 0 Å². The van der Waals surface area contributed by atoms with Gasteiger partial charge in [0.15, 0.2) is 0 Å². The highest BCUT2D eigenvalue weighted by Crippen LogP contribution is 2.18. The van der Waals surface area contributed by atoms with Crippen LogP contribution in [-0.4, -0.2) is 7.11 Å². The molecule has 0 amide bonds. The molecule has 0 N–H and O–H groups in total. The molecule has 0 spiro atoms. The van der Waals surface area contributed by atoms with Crippen LogP contribution in [0.4, 0.5) is 4.39 Å². The van der Waals surface area contributed by atoms with Gasteiger partial charge in [-0.05, 0) is 42.0 Å². The third-order valence-corrected chi connectivity index (χ3v) is 2.38. The van der Waals surface area contributed by atoms with Crippen molar-refractivity contribution >= 4 is 0 Å². The predicted octanol–water partition coefficient (Wildman–Crippen LogP) is 3.41. The molecular formula is C14H13FO2. The standard InChI is InChI=1S/C14H13FO2/c1-16-13-6-8-14(9-7-13)17-10-11-2-4-12(15)5-3-11/h2-9H,10H2,1H3. The van der Waals surface area contributed by atoms with Gasteiger partial charge in [-0.1, -0.05) is 12.1 Å². The van der Waals surface area contributed by atoms with Crippen LogP contribution in [0.2, 0.25) is 0 Å². The minimum Gasteiger partial charge on any atom is -0.497 e. The molecule has 2 nitrogen and oxygen atoms in total. The van der Waals surface area contributed by atoms with Crippen molar-refractivity contribution in [3.05, 3.63) is 59.9 Å². The van der Waals surface area contributed by atoms with Crippen LogP contribution in [0.25, 0.3) is 0 Å². The molecule has 0 saturated heterocycles. The normalized spacial score (nSPS) is 10.0. The molecule has 3 heteroatoms. The molecule has 0 radical (unpaired) electrons. The van der Waals surface area contributed by atoms with E-state index in [9.17, 15) is 4.39 Å². The largest absolute Gasteiger partial charge is 0.497 e. The van der Waals surface area contributed by atoms with Gasteiger partial charge in [-0.2, -0.15) is 0 Å². The van der Waals surface area contributed by atoms with E-state index in [4.69, 9.17) is 9.47 Å². The molecular weight excluding hydrogens is 219 g/mol. The fraction of sp³-hybridized carbons (Fsp3) is 0.143. The molecule has 0 atom stereocenters. The summed E-state index contributed by atoms with van der Waals surface area (Å²) in [5.74, 6) is 1.31. The van der Waals surface area contributed by atoms with Gasteiger partial charge in [0.25, 0.3) is 0 Å². The summed E-state index contributed by atoms with van der Waals surface area (Å²) < 4.78 is 23.3. The van der Waals surface area contributed by atoms with Crippen molar-refractivity contribution in [1.82, 2.24) is 0 Å². The van der Waals surface area contributed by atoms with Crippen molar-refractivity contribution in [2.45, 2.75) is 6.61 Å². The van der Waals surface area contributed by atoms with E-state index in [-0.39, 0.29) is 5.82 Å². The number of halogens is 1. The molecule has 2 aromatic carbocycles. The van der Waals surface area contributed by atoms with Gasteiger partial charge in [-0.25, -0.2) is 4.39 Å². The molecule has 0 aromatic heterocycles. The Labute approximate surface area is 99.6 Å². The van der Waals surface area contributed by atoms with Crippen molar-refractivity contribution in [2.24, 2.45) is 0 Å². The summed E-state index contributed by atoms with van der Waals surface area (Å²) in [5, 5.41) is 0. The Hall–Kier alpha value is -2.03. The summed E-state index contributed by atoms with van der Waals surface area (Å²) in [4.78, 5) is 0. The molecule has 0 saturated carbocycles. The van der Waals surface area contributed by atoms with Crippen molar-refractivity contribution in [1.29, 1.82) is 0 Å². The first-order chi connectivity index (χ1) is 8.28. The average molecular weight is 232 g/mol. The second kappa shape index (κ2) is 5.34. The van der Waals surface area contributed by atoms with Gasteiger partial charge < -0.3 is 9.47 Å². The van der Waals surface area contributed by atoms with Crippen molar-refractivity contribution < 1.29 is 13.9 Å². The van der Waals surface area contributed by atoms with Gasteiger partial charge >= 0.3 is 0 Å². The van der Waals surface area contributed by atoms with Crippen LogP contribution in [0.15, 0.2) is 48.5 Å². The Kier molecular flexibility index (Phi) is 3.60. The lowest BCUT2D eigenvalue weighted by Crippen LogP contribution is -1.95. The molecule has 0 aliphatic heterocycles. The van der Waals surface area contributed by atoms with Crippen molar-refractivity contribution in [2.75, 3.05) is 7.11 Å². The first-order valence-corrected chi connectivity index (χ1v) is 5.29. The Morgan fingerprint density at radius 2 is 1.47 bits per heavy atom. The summed E-state index contributed by atoms with van der Waals surface area (Å²) in [6.45, 7) is 0.423. The second-order valence-electron chi connectivity index (χ2n) is 3.59. The quantitative estimate of drug-likeness (QED) is 0.804. The predicted molar refractivity (Wildman–Crippen MR) is 63.7 cm³/mol. The number of hydrogen-bond donors (Lipinski definition) is 0. The zero-order valence-electron chi connectivity index (χ0n) is 9.52. The van der Waals surface area contributed by atoms with Gasteiger partial charge in [-0.15, -0.1) is 0 Å². The highest BCUT2D eigenvalue weighted by molar-refractivity contribution is 5.31. The number of hydrogen-bond acceptors (Lipinski definition) is 2. The van der Waals surface area contributed by atoms with E-state index in [0.717, 1.165) is 17.1 Å². The van der Waals surface area contributed by atoms with Gasteiger partial charge in [0.1, 0.15) is 23.9 Å². The maximum Gasteiger partial charge on any atom is 0.123 e. The Morgan fingerprint density at radius 3 is 2.06 bits per heavy atom. The lowest BCUT2D eigenvalue weighted by molar-refractivity contribution is 0.305. The van der Waals surface area contributed by atoms with Crippen molar-refractivity contribution in [3.63, 3.8) is 0 Å². The molecule has 0 aliphatic carbocycles. The molecule has 17 heavy (non-hydrogen) atoms. The van der Waals surface area contributed by atoms with Crippen LogP contribution in [0, 0.1) is 5.82 Å². The second-order valence-corrected chi connectivity index (χ2v) is 3.59. The lowest BCUT2D eigenvalue weighted by Gasteiger charge is -2.07. The molecule has 0 fully saturated rings. The van der Waals surface area contributed by atoms with Crippen LogP contribution in [-0.2, 0) is 6.61 Å². The minimum absolute atomic E-state index is 0.238. The maximum atomic E-state index is 12.7. The zero-order chi connectivity index (χ0) is 12.1. The molecule has 0 aliphatic rings. The topological polar surface area (TPSA) is 18.5 Å². The summed E-state index contributed by atoms with van der Waals surface area (Å²) in [6.07, 6.45) is 0. The van der Waals surface area contributed by atoms with Gasteiger partial charge in [0.2, 0.25) is 0 Å².